The number of ether oxygens (including phenoxy) is 2. The fourth-order valence-corrected chi connectivity index (χ4v) is 4.10. The molecule has 2 heterocycles. The molecule has 0 radical (unpaired) electrons. The first-order valence-electron chi connectivity index (χ1n) is 12.5. The highest BCUT2D eigenvalue weighted by Crippen LogP contribution is 2.26. The minimum absolute atomic E-state index is 0.00745. The number of aromatic nitrogens is 2. The van der Waals surface area contributed by atoms with Crippen LogP contribution in [0, 0.1) is 5.92 Å². The van der Waals surface area contributed by atoms with Crippen molar-refractivity contribution < 1.29 is 14.3 Å². The Morgan fingerprint density at radius 1 is 0.971 bits per heavy atom. The molecule has 0 atom stereocenters. The second-order valence-electron chi connectivity index (χ2n) is 8.79. The summed E-state index contributed by atoms with van der Waals surface area (Å²) < 4.78 is 11.5. The topological polar surface area (TPSA) is 76.6 Å². The van der Waals surface area contributed by atoms with Crippen LogP contribution < -0.4 is 19.7 Å². The third kappa shape index (κ3) is 6.94. The van der Waals surface area contributed by atoms with E-state index in [1.807, 2.05) is 42.5 Å². The highest BCUT2D eigenvalue weighted by atomic mass is 16.5. The van der Waals surface area contributed by atoms with Crippen LogP contribution in [0.4, 0.5) is 5.82 Å². The fraction of sp³-hybridized carbons (Fsp3) is 0.393. The smallest absolute Gasteiger partial charge is 0.224 e. The van der Waals surface area contributed by atoms with Crippen molar-refractivity contribution in [2.45, 2.75) is 46.1 Å². The van der Waals surface area contributed by atoms with Gasteiger partial charge in [0.1, 0.15) is 23.6 Å². The predicted octanol–water partition coefficient (Wildman–Crippen LogP) is 5.15. The third-order valence-electron chi connectivity index (χ3n) is 6.23. The second-order valence-corrected chi connectivity index (χ2v) is 8.79. The van der Waals surface area contributed by atoms with E-state index in [1.165, 1.54) is 11.9 Å². The van der Waals surface area contributed by atoms with Crippen LogP contribution in [0.2, 0.25) is 0 Å². The van der Waals surface area contributed by atoms with E-state index in [0.29, 0.717) is 19.0 Å². The maximum Gasteiger partial charge on any atom is 0.224 e. The van der Waals surface area contributed by atoms with Crippen molar-refractivity contribution in [1.82, 2.24) is 15.3 Å². The zero-order chi connectivity index (χ0) is 24.5. The lowest BCUT2D eigenvalue weighted by atomic mass is 9.96. The number of piperidine rings is 1. The van der Waals surface area contributed by atoms with Gasteiger partial charge in [-0.1, -0.05) is 38.1 Å². The monoisotopic (exact) mass is 474 g/mol. The van der Waals surface area contributed by atoms with Gasteiger partial charge in [0.25, 0.3) is 0 Å². The number of nitrogens with one attached hydrogen (secondary N) is 1. The number of anilines is 1. The first-order valence-corrected chi connectivity index (χ1v) is 12.5. The maximum absolute atomic E-state index is 12.7. The van der Waals surface area contributed by atoms with Crippen LogP contribution in [-0.4, -0.2) is 35.6 Å². The van der Waals surface area contributed by atoms with Gasteiger partial charge in [0.2, 0.25) is 11.8 Å². The fourth-order valence-electron chi connectivity index (χ4n) is 4.10. The summed E-state index contributed by atoms with van der Waals surface area (Å²) in [4.78, 5) is 23.6. The zero-order valence-electron chi connectivity index (χ0n) is 20.6. The van der Waals surface area contributed by atoms with Crippen LogP contribution in [0.3, 0.4) is 0 Å². The molecule has 1 saturated heterocycles. The number of rotatable bonds is 10. The van der Waals surface area contributed by atoms with E-state index in [-0.39, 0.29) is 11.8 Å². The molecule has 1 fully saturated rings. The van der Waals surface area contributed by atoms with Crippen LogP contribution in [0.5, 0.6) is 17.4 Å². The van der Waals surface area contributed by atoms with Crippen LogP contribution >= 0.6 is 0 Å². The summed E-state index contributed by atoms with van der Waals surface area (Å²) in [6.07, 6.45) is 5.08. The summed E-state index contributed by atoms with van der Waals surface area (Å²) in [6, 6.07) is 17.8. The summed E-state index contributed by atoms with van der Waals surface area (Å²) in [7, 11) is 0. The van der Waals surface area contributed by atoms with E-state index >= 15 is 0 Å². The van der Waals surface area contributed by atoms with E-state index < -0.39 is 0 Å². The summed E-state index contributed by atoms with van der Waals surface area (Å²) in [5, 5.41) is 3.09. The molecule has 4 rings (SSSR count). The van der Waals surface area contributed by atoms with Crippen molar-refractivity contribution in [1.29, 1.82) is 0 Å². The predicted molar refractivity (Wildman–Crippen MR) is 137 cm³/mol. The number of benzene rings is 2. The SMILES string of the molecule is CCCOc1ccc(CNC(=O)C2CCN(c3cc(Oc4ccc(CC)cc4)ncn3)CC2)cc1. The zero-order valence-corrected chi connectivity index (χ0v) is 20.6. The number of carbonyl (C=O) groups is 1. The van der Waals surface area contributed by atoms with Gasteiger partial charge in [-0.3, -0.25) is 4.79 Å². The molecule has 7 heteroatoms. The highest BCUT2D eigenvalue weighted by molar-refractivity contribution is 5.79. The first kappa shape index (κ1) is 24.5. The van der Waals surface area contributed by atoms with E-state index in [0.717, 1.165) is 61.7 Å². The Bertz CT molecular complexity index is 1080. The molecule has 7 nitrogen and oxygen atoms in total. The molecule has 3 aromatic rings. The molecular weight excluding hydrogens is 440 g/mol. The average molecular weight is 475 g/mol. The van der Waals surface area contributed by atoms with E-state index in [4.69, 9.17) is 9.47 Å². The highest BCUT2D eigenvalue weighted by Gasteiger charge is 2.25. The van der Waals surface area contributed by atoms with Crippen LogP contribution in [0.25, 0.3) is 0 Å². The Morgan fingerprint density at radius 2 is 1.66 bits per heavy atom. The Kier molecular flexibility index (Phi) is 8.54. The molecule has 0 spiro atoms. The molecule has 0 unspecified atom stereocenters. The Balaban J connectivity index is 1.25. The van der Waals surface area contributed by atoms with Crippen LogP contribution in [0.15, 0.2) is 60.9 Å². The average Bonchev–Trinajstić information content (AvgIpc) is 2.92. The Morgan fingerprint density at radius 3 is 2.34 bits per heavy atom. The molecule has 35 heavy (non-hydrogen) atoms. The molecule has 1 aliphatic heterocycles. The molecule has 1 aliphatic rings. The van der Waals surface area contributed by atoms with E-state index in [9.17, 15) is 4.79 Å². The molecule has 0 bridgehead atoms. The molecule has 0 saturated carbocycles. The molecule has 1 amide bonds. The summed E-state index contributed by atoms with van der Waals surface area (Å²) in [5.74, 6) is 3.08. The molecule has 184 valence electrons. The summed E-state index contributed by atoms with van der Waals surface area (Å²) in [6.45, 7) is 6.99. The molecule has 2 aromatic carbocycles. The lowest BCUT2D eigenvalue weighted by molar-refractivity contribution is -0.125. The normalized spacial score (nSPS) is 13.9. The van der Waals surface area contributed by atoms with Gasteiger partial charge in [-0.2, -0.15) is 0 Å². The van der Waals surface area contributed by atoms with Crippen molar-refractivity contribution in [2.24, 2.45) is 5.92 Å². The lowest BCUT2D eigenvalue weighted by Gasteiger charge is -2.32. The lowest BCUT2D eigenvalue weighted by Crippen LogP contribution is -2.40. The maximum atomic E-state index is 12.7. The van der Waals surface area contributed by atoms with Gasteiger partial charge in [-0.15, -0.1) is 0 Å². The quantitative estimate of drug-likeness (QED) is 0.438. The van der Waals surface area contributed by atoms with Crippen LogP contribution in [-0.2, 0) is 17.8 Å². The number of hydrogen-bond acceptors (Lipinski definition) is 6. The van der Waals surface area contributed by atoms with E-state index in [2.05, 4.69) is 46.2 Å². The van der Waals surface area contributed by atoms with Gasteiger partial charge in [0.15, 0.2) is 0 Å². The Hall–Kier alpha value is -3.61. The number of hydrogen-bond donors (Lipinski definition) is 1. The van der Waals surface area contributed by atoms with Gasteiger partial charge >= 0.3 is 0 Å². The molecule has 1 N–H and O–H groups in total. The first-order chi connectivity index (χ1) is 17.1. The minimum atomic E-state index is 0.00745. The van der Waals surface area contributed by atoms with E-state index in [1.54, 1.807) is 0 Å². The molecular formula is C28H34N4O3. The van der Waals surface area contributed by atoms with Gasteiger partial charge in [-0.05, 0) is 61.1 Å². The summed E-state index contributed by atoms with van der Waals surface area (Å²) >= 11 is 0. The summed E-state index contributed by atoms with van der Waals surface area (Å²) in [5.41, 5.74) is 2.33. The van der Waals surface area contributed by atoms with Crippen molar-refractivity contribution >= 4 is 11.7 Å². The largest absolute Gasteiger partial charge is 0.494 e. The molecule has 1 aromatic heterocycles. The minimum Gasteiger partial charge on any atom is -0.494 e. The van der Waals surface area contributed by atoms with Crippen LogP contribution in [0.1, 0.15) is 44.2 Å². The van der Waals surface area contributed by atoms with Crippen molar-refractivity contribution in [2.75, 3.05) is 24.6 Å². The Labute approximate surface area is 207 Å². The second kappa shape index (κ2) is 12.2. The van der Waals surface area contributed by atoms with Crippen molar-refractivity contribution in [3.05, 3.63) is 72.1 Å². The number of aryl methyl sites for hydroxylation is 1. The number of carbonyl (C=O) groups excluding carboxylic acids is 1. The van der Waals surface area contributed by atoms with Crippen molar-refractivity contribution in [3.63, 3.8) is 0 Å². The number of nitrogens with zero attached hydrogens (tertiary/aromatic N) is 3. The van der Waals surface area contributed by atoms with Gasteiger partial charge in [0, 0.05) is 31.6 Å². The van der Waals surface area contributed by atoms with Gasteiger partial charge in [0.05, 0.1) is 6.61 Å². The van der Waals surface area contributed by atoms with Crippen molar-refractivity contribution in [3.8, 4) is 17.4 Å². The third-order valence-corrected chi connectivity index (χ3v) is 6.23. The van der Waals surface area contributed by atoms with Gasteiger partial charge < -0.3 is 19.7 Å². The number of amides is 1. The molecule has 0 aliphatic carbocycles. The van der Waals surface area contributed by atoms with Gasteiger partial charge in [-0.25, -0.2) is 9.97 Å². The standard InChI is InChI=1S/C28H34N4O3/c1-3-17-34-24-9-7-22(8-10-24)19-29-28(33)23-13-15-32(16-14-23)26-18-27(31-20-30-26)35-25-11-5-21(4-2)6-12-25/h5-12,18,20,23H,3-4,13-17,19H2,1-2H3,(H,29,33).